The van der Waals surface area contributed by atoms with Crippen LogP contribution < -0.4 is 4.72 Å². The quantitative estimate of drug-likeness (QED) is 0.835. The molecule has 0 spiro atoms. The Balaban J connectivity index is 2.99. The second kappa shape index (κ2) is 5.12. The normalized spacial score (nSPS) is 11.4. The molecule has 1 aromatic carbocycles. The van der Waals surface area contributed by atoms with Gasteiger partial charge in [-0.3, -0.25) is 4.72 Å². The number of hydrogen-bond donors (Lipinski definition) is 2. The highest BCUT2D eigenvalue weighted by Gasteiger charge is 2.12. The average molecular weight is 284 g/mol. The molecule has 1 rings (SSSR count). The molecular formula is C9H11Cl2NO3S. The number of nitrogens with one attached hydrogen (secondary N) is 1. The van der Waals surface area contributed by atoms with Crippen molar-refractivity contribution in [1.29, 1.82) is 0 Å². The SMILES string of the molecule is CCCS(=O)(=O)Nc1cc(Cl)c(O)c(Cl)c1. The van der Waals surface area contributed by atoms with E-state index in [1.54, 1.807) is 6.92 Å². The van der Waals surface area contributed by atoms with E-state index in [1.165, 1.54) is 12.1 Å². The lowest BCUT2D eigenvalue weighted by Crippen LogP contribution is -2.16. The first-order valence-corrected chi connectivity index (χ1v) is 6.95. The maximum absolute atomic E-state index is 11.4. The zero-order valence-electron chi connectivity index (χ0n) is 8.50. The number of benzene rings is 1. The van der Waals surface area contributed by atoms with Gasteiger partial charge in [0.15, 0.2) is 5.75 Å². The Morgan fingerprint density at radius 3 is 2.25 bits per heavy atom. The van der Waals surface area contributed by atoms with Gasteiger partial charge >= 0.3 is 0 Å². The van der Waals surface area contributed by atoms with Crippen molar-refractivity contribution in [3.63, 3.8) is 0 Å². The second-order valence-corrected chi connectivity index (χ2v) is 5.87. The van der Waals surface area contributed by atoms with E-state index in [-0.39, 0.29) is 27.2 Å². The standard InChI is InChI=1S/C9H11Cl2NO3S/c1-2-3-16(14,15)12-6-4-7(10)9(13)8(11)5-6/h4-5,12-13H,2-3H2,1H3. The van der Waals surface area contributed by atoms with Crippen molar-refractivity contribution < 1.29 is 13.5 Å². The van der Waals surface area contributed by atoms with E-state index in [9.17, 15) is 13.5 Å². The lowest BCUT2D eigenvalue weighted by Gasteiger charge is -2.08. The number of phenolic OH excluding ortho intramolecular Hbond substituents is 1. The van der Waals surface area contributed by atoms with Gasteiger partial charge in [-0.15, -0.1) is 0 Å². The summed E-state index contributed by atoms with van der Waals surface area (Å²) in [4.78, 5) is 0. The summed E-state index contributed by atoms with van der Waals surface area (Å²) in [6.07, 6.45) is 0.509. The van der Waals surface area contributed by atoms with Crippen molar-refractivity contribution in [2.75, 3.05) is 10.5 Å². The number of anilines is 1. The van der Waals surface area contributed by atoms with Crippen LogP contribution in [0.2, 0.25) is 10.0 Å². The highest BCUT2D eigenvalue weighted by atomic mass is 35.5. The Labute approximate surface area is 104 Å². The monoisotopic (exact) mass is 283 g/mol. The van der Waals surface area contributed by atoms with Gasteiger partial charge in [0, 0.05) is 0 Å². The van der Waals surface area contributed by atoms with E-state index >= 15 is 0 Å². The van der Waals surface area contributed by atoms with Gasteiger partial charge in [0.05, 0.1) is 21.5 Å². The zero-order chi connectivity index (χ0) is 12.3. The molecule has 0 atom stereocenters. The molecule has 90 valence electrons. The highest BCUT2D eigenvalue weighted by Crippen LogP contribution is 2.34. The van der Waals surface area contributed by atoms with Gasteiger partial charge in [0.25, 0.3) is 0 Å². The summed E-state index contributed by atoms with van der Waals surface area (Å²) in [6, 6.07) is 2.60. The fraction of sp³-hybridized carbons (Fsp3) is 0.333. The fourth-order valence-electron chi connectivity index (χ4n) is 1.12. The van der Waals surface area contributed by atoms with Gasteiger partial charge in [-0.25, -0.2) is 8.42 Å². The van der Waals surface area contributed by atoms with Gasteiger partial charge < -0.3 is 5.11 Å². The summed E-state index contributed by atoms with van der Waals surface area (Å²) in [5, 5.41) is 9.29. The molecule has 0 bridgehead atoms. The number of aromatic hydroxyl groups is 1. The van der Waals surface area contributed by atoms with E-state index in [0.717, 1.165) is 0 Å². The predicted octanol–water partition coefficient (Wildman–Crippen LogP) is 2.85. The van der Waals surface area contributed by atoms with Crippen molar-refractivity contribution in [2.24, 2.45) is 0 Å². The van der Waals surface area contributed by atoms with Crippen LogP contribution in [0.15, 0.2) is 12.1 Å². The Hall–Kier alpha value is -0.650. The molecule has 16 heavy (non-hydrogen) atoms. The number of phenols is 1. The van der Waals surface area contributed by atoms with Gasteiger partial charge in [-0.05, 0) is 18.6 Å². The lowest BCUT2D eigenvalue weighted by molar-refractivity contribution is 0.476. The summed E-state index contributed by atoms with van der Waals surface area (Å²) in [5.74, 6) is -0.245. The first-order chi connectivity index (χ1) is 7.35. The van der Waals surface area contributed by atoms with E-state index in [0.29, 0.717) is 6.42 Å². The topological polar surface area (TPSA) is 66.4 Å². The molecule has 4 nitrogen and oxygen atoms in total. The molecule has 0 aliphatic rings. The van der Waals surface area contributed by atoms with Gasteiger partial charge in [-0.1, -0.05) is 30.1 Å². The second-order valence-electron chi connectivity index (χ2n) is 3.21. The molecule has 0 saturated heterocycles. The van der Waals surface area contributed by atoms with Gasteiger partial charge in [-0.2, -0.15) is 0 Å². The van der Waals surface area contributed by atoms with Crippen LogP contribution in [-0.2, 0) is 10.0 Å². The molecule has 1 aromatic rings. The van der Waals surface area contributed by atoms with Gasteiger partial charge in [0.1, 0.15) is 0 Å². The maximum Gasteiger partial charge on any atom is 0.232 e. The van der Waals surface area contributed by atoms with Crippen LogP contribution in [-0.4, -0.2) is 19.3 Å². The van der Waals surface area contributed by atoms with Crippen molar-refractivity contribution in [3.05, 3.63) is 22.2 Å². The smallest absolute Gasteiger partial charge is 0.232 e. The molecule has 0 radical (unpaired) electrons. The summed E-state index contributed by atoms with van der Waals surface area (Å²) in [7, 11) is -3.38. The molecule has 0 fully saturated rings. The first kappa shape index (κ1) is 13.4. The number of rotatable bonds is 4. The first-order valence-electron chi connectivity index (χ1n) is 4.54. The Morgan fingerprint density at radius 2 is 1.81 bits per heavy atom. The Bertz CT molecular complexity index is 465. The summed E-state index contributed by atoms with van der Waals surface area (Å²) in [5.41, 5.74) is 0.237. The van der Waals surface area contributed by atoms with Crippen LogP contribution in [0.4, 0.5) is 5.69 Å². The van der Waals surface area contributed by atoms with Crippen LogP contribution in [0.3, 0.4) is 0 Å². The molecule has 0 aliphatic carbocycles. The summed E-state index contributed by atoms with van der Waals surface area (Å²) < 4.78 is 25.2. The van der Waals surface area contributed by atoms with Crippen molar-refractivity contribution in [1.82, 2.24) is 0 Å². The van der Waals surface area contributed by atoms with E-state index in [1.807, 2.05) is 0 Å². The number of sulfonamides is 1. The molecular weight excluding hydrogens is 273 g/mol. The van der Waals surface area contributed by atoms with Crippen molar-refractivity contribution in [3.8, 4) is 5.75 Å². The minimum absolute atomic E-state index is 0.00157. The van der Waals surface area contributed by atoms with E-state index < -0.39 is 10.0 Å². The minimum Gasteiger partial charge on any atom is -0.505 e. The Morgan fingerprint density at radius 1 is 1.31 bits per heavy atom. The molecule has 0 aliphatic heterocycles. The maximum atomic E-state index is 11.4. The molecule has 0 unspecified atom stereocenters. The van der Waals surface area contributed by atoms with Crippen molar-refractivity contribution >= 4 is 38.9 Å². The summed E-state index contributed by atoms with van der Waals surface area (Å²) >= 11 is 11.3. The zero-order valence-corrected chi connectivity index (χ0v) is 10.8. The largest absolute Gasteiger partial charge is 0.505 e. The van der Waals surface area contributed by atoms with Gasteiger partial charge in [0.2, 0.25) is 10.0 Å². The average Bonchev–Trinajstić information content (AvgIpc) is 2.13. The predicted molar refractivity (Wildman–Crippen MR) is 65.8 cm³/mol. The van der Waals surface area contributed by atoms with Crippen molar-refractivity contribution in [2.45, 2.75) is 13.3 Å². The van der Waals surface area contributed by atoms with Crippen LogP contribution >= 0.6 is 23.2 Å². The molecule has 7 heteroatoms. The molecule has 0 saturated carbocycles. The molecule has 0 aromatic heterocycles. The Kier molecular flexibility index (Phi) is 4.29. The third-order valence-electron chi connectivity index (χ3n) is 1.76. The van der Waals surface area contributed by atoms with Crippen LogP contribution in [0.5, 0.6) is 5.75 Å². The third kappa shape index (κ3) is 3.43. The van der Waals surface area contributed by atoms with Crippen LogP contribution in [0.25, 0.3) is 0 Å². The number of hydrogen-bond acceptors (Lipinski definition) is 3. The molecule has 0 heterocycles. The highest BCUT2D eigenvalue weighted by molar-refractivity contribution is 7.92. The van der Waals surface area contributed by atoms with E-state index in [4.69, 9.17) is 23.2 Å². The molecule has 2 N–H and O–H groups in total. The van der Waals surface area contributed by atoms with E-state index in [2.05, 4.69) is 4.72 Å². The van der Waals surface area contributed by atoms with Crippen LogP contribution in [0, 0.1) is 0 Å². The van der Waals surface area contributed by atoms with Crippen LogP contribution in [0.1, 0.15) is 13.3 Å². The lowest BCUT2D eigenvalue weighted by atomic mass is 10.3. The summed E-state index contributed by atoms with van der Waals surface area (Å²) in [6.45, 7) is 1.76. The third-order valence-corrected chi connectivity index (χ3v) is 3.83. The molecule has 0 amide bonds. The number of halogens is 2. The fourth-order valence-corrected chi connectivity index (χ4v) is 2.73. The minimum atomic E-state index is -3.38.